The fourth-order valence-electron chi connectivity index (χ4n) is 4.25. The molecule has 32 heavy (non-hydrogen) atoms. The van der Waals surface area contributed by atoms with E-state index in [9.17, 15) is 10.1 Å². The standard InChI is InChI=1S/C26H41N3O2.BrH/c1-4-5-6-7-8-9-10-11-12-13-14-15-20-28-23(3)26(22(2)27-28)21-24-16-18-25(19-17-24)29(30)31;/h16-19H,4-15,20-21H2,1-3H3;1H/q+1;/p-1. The van der Waals surface area contributed by atoms with Crippen LogP contribution in [0, 0.1) is 10.1 Å². The van der Waals surface area contributed by atoms with Gasteiger partial charge in [0.05, 0.1) is 22.7 Å². The highest BCUT2D eigenvalue weighted by Gasteiger charge is 2.31. The molecule has 1 aliphatic rings. The Morgan fingerprint density at radius 1 is 0.844 bits per heavy atom. The normalized spacial score (nSPS) is 13.3. The minimum Gasteiger partial charge on any atom is -1.00 e. The third kappa shape index (κ3) is 9.85. The highest BCUT2D eigenvalue weighted by molar-refractivity contribution is 5.99. The summed E-state index contributed by atoms with van der Waals surface area (Å²) in [5, 5.41) is 17.7. The molecule has 0 aromatic heterocycles. The lowest BCUT2D eigenvalue weighted by Gasteiger charge is -2.08. The van der Waals surface area contributed by atoms with Gasteiger partial charge in [0, 0.05) is 25.5 Å². The molecular formula is C26H41BrN3O2. The first-order chi connectivity index (χ1) is 15.0. The zero-order chi connectivity index (χ0) is 22.5. The van der Waals surface area contributed by atoms with Crippen LogP contribution in [0.4, 0.5) is 5.69 Å². The Bertz CT molecular complexity index is 744. The first-order valence-corrected chi connectivity index (χ1v) is 12.3. The second-order valence-corrected chi connectivity index (χ2v) is 8.86. The van der Waals surface area contributed by atoms with E-state index in [0.717, 1.165) is 24.2 Å². The molecule has 5 nitrogen and oxygen atoms in total. The van der Waals surface area contributed by atoms with Gasteiger partial charge in [0.25, 0.3) is 11.4 Å². The molecule has 0 aliphatic carbocycles. The Balaban J connectivity index is 0.00000512. The Kier molecular flexibility index (Phi) is 14.2. The van der Waals surface area contributed by atoms with Crippen molar-refractivity contribution in [3.8, 4) is 0 Å². The maximum Gasteiger partial charge on any atom is 0.289 e. The van der Waals surface area contributed by atoms with Gasteiger partial charge in [-0.2, -0.15) is 0 Å². The molecule has 179 valence electrons. The predicted molar refractivity (Wildman–Crippen MR) is 130 cm³/mol. The minimum absolute atomic E-state index is 0. The summed E-state index contributed by atoms with van der Waals surface area (Å²) in [6.45, 7) is 7.45. The monoisotopic (exact) mass is 506 g/mol. The quantitative estimate of drug-likeness (QED) is 0.192. The minimum atomic E-state index is -0.354. The van der Waals surface area contributed by atoms with Gasteiger partial charge in [-0.25, -0.2) is 0 Å². The summed E-state index contributed by atoms with van der Waals surface area (Å²) in [7, 11) is 0. The molecule has 1 aromatic carbocycles. The summed E-state index contributed by atoms with van der Waals surface area (Å²) >= 11 is 0. The first-order valence-electron chi connectivity index (χ1n) is 12.3. The van der Waals surface area contributed by atoms with Crippen molar-refractivity contribution in [1.82, 2.24) is 10.1 Å². The van der Waals surface area contributed by atoms with Crippen LogP contribution in [0.2, 0.25) is 0 Å². The molecule has 0 spiro atoms. The van der Waals surface area contributed by atoms with Crippen LogP contribution < -0.4 is 22.1 Å². The smallest absolute Gasteiger partial charge is 0.289 e. The number of benzene rings is 1. The fourth-order valence-corrected chi connectivity index (χ4v) is 4.25. The SMILES string of the molecule is CCCCCCCCCCCCCCN1[N+]=C(C)C(Cc2ccc([N+](=O)[O-])cc2)=C1C.[Br-]. The van der Waals surface area contributed by atoms with Crippen LogP contribution in [0.5, 0.6) is 0 Å². The zero-order valence-corrected chi connectivity index (χ0v) is 21.8. The van der Waals surface area contributed by atoms with E-state index in [0.29, 0.717) is 0 Å². The molecule has 1 aliphatic heterocycles. The van der Waals surface area contributed by atoms with Gasteiger partial charge in [-0.05, 0) is 18.9 Å². The van der Waals surface area contributed by atoms with Crippen molar-refractivity contribution >= 4 is 11.4 Å². The van der Waals surface area contributed by atoms with Crippen molar-refractivity contribution < 1.29 is 21.9 Å². The van der Waals surface area contributed by atoms with E-state index in [1.165, 1.54) is 88.3 Å². The Morgan fingerprint density at radius 2 is 1.34 bits per heavy atom. The van der Waals surface area contributed by atoms with E-state index < -0.39 is 0 Å². The van der Waals surface area contributed by atoms with Crippen LogP contribution in [-0.2, 0) is 6.42 Å². The molecule has 1 radical (unpaired) electrons. The molecule has 0 bridgehead atoms. The number of halogens is 1. The van der Waals surface area contributed by atoms with Crippen LogP contribution in [0.25, 0.3) is 0 Å². The van der Waals surface area contributed by atoms with Gasteiger partial charge in [0.2, 0.25) is 0 Å². The van der Waals surface area contributed by atoms with Gasteiger partial charge >= 0.3 is 0 Å². The van der Waals surface area contributed by atoms with E-state index in [4.69, 9.17) is 5.10 Å². The second-order valence-electron chi connectivity index (χ2n) is 8.86. The second kappa shape index (κ2) is 16.0. The van der Waals surface area contributed by atoms with E-state index >= 15 is 0 Å². The number of non-ortho nitro benzene ring substituents is 1. The maximum atomic E-state index is 10.8. The van der Waals surface area contributed by atoms with Crippen LogP contribution in [-0.4, -0.2) is 22.2 Å². The third-order valence-corrected chi connectivity index (χ3v) is 6.28. The Labute approximate surface area is 205 Å². The predicted octanol–water partition coefficient (Wildman–Crippen LogP) is 4.14. The first kappa shape index (κ1) is 28.3. The number of hydrogen-bond donors (Lipinski definition) is 0. The van der Waals surface area contributed by atoms with Crippen molar-refractivity contribution in [3.05, 3.63) is 51.2 Å². The molecular weight excluding hydrogens is 466 g/mol. The van der Waals surface area contributed by atoms with Gasteiger partial charge < -0.3 is 17.0 Å². The molecule has 2 rings (SSSR count). The third-order valence-electron chi connectivity index (χ3n) is 6.28. The van der Waals surface area contributed by atoms with E-state index in [1.54, 1.807) is 12.1 Å². The summed E-state index contributed by atoms with van der Waals surface area (Å²) in [5.74, 6) is 0. The van der Waals surface area contributed by atoms with Gasteiger partial charge in [-0.1, -0.05) is 94.7 Å². The van der Waals surface area contributed by atoms with Gasteiger partial charge in [0.15, 0.2) is 5.10 Å². The summed E-state index contributed by atoms with van der Waals surface area (Å²) in [5.41, 5.74) is 4.75. The number of allylic oxidation sites excluding steroid dienone is 2. The van der Waals surface area contributed by atoms with Crippen LogP contribution in [0.15, 0.2) is 35.5 Å². The zero-order valence-electron chi connectivity index (χ0n) is 20.2. The average molecular weight is 508 g/mol. The van der Waals surface area contributed by atoms with Crippen LogP contribution in [0.1, 0.15) is 103 Å². The molecule has 0 saturated heterocycles. The molecule has 6 heteroatoms. The van der Waals surface area contributed by atoms with Crippen LogP contribution in [0.3, 0.4) is 0 Å². The number of nitrogens with zero attached hydrogens (tertiary/aromatic N) is 3. The highest BCUT2D eigenvalue weighted by atomic mass is 79.9. The number of rotatable bonds is 16. The highest BCUT2D eigenvalue weighted by Crippen LogP contribution is 2.22. The van der Waals surface area contributed by atoms with E-state index in [-0.39, 0.29) is 27.6 Å². The lowest BCUT2D eigenvalue weighted by atomic mass is 10.0. The molecule has 0 unspecified atom stereocenters. The van der Waals surface area contributed by atoms with Gasteiger partial charge in [-0.15, -0.1) is 0 Å². The van der Waals surface area contributed by atoms with Gasteiger partial charge in [0.1, 0.15) is 0 Å². The maximum absolute atomic E-state index is 10.8. The lowest BCUT2D eigenvalue weighted by Crippen LogP contribution is -3.00. The van der Waals surface area contributed by atoms with Crippen molar-refractivity contribution in [2.75, 3.05) is 6.54 Å². The van der Waals surface area contributed by atoms with Crippen molar-refractivity contribution in [2.45, 2.75) is 104 Å². The Morgan fingerprint density at radius 3 is 1.84 bits per heavy atom. The largest absolute Gasteiger partial charge is 1.00 e. The molecule has 1 aromatic rings. The van der Waals surface area contributed by atoms with E-state index in [1.807, 2.05) is 12.1 Å². The summed E-state index contributed by atoms with van der Waals surface area (Å²) in [4.78, 5) is 10.5. The molecule has 0 saturated carbocycles. The molecule has 0 amide bonds. The lowest BCUT2D eigenvalue weighted by molar-refractivity contribution is -0.384. The molecule has 0 N–H and O–H groups in total. The summed E-state index contributed by atoms with van der Waals surface area (Å²) < 4.78 is 0. The van der Waals surface area contributed by atoms with Crippen LogP contribution >= 0.6 is 0 Å². The van der Waals surface area contributed by atoms with Gasteiger partial charge in [-0.3, -0.25) is 10.1 Å². The molecule has 0 fully saturated rings. The molecule has 1 heterocycles. The average Bonchev–Trinajstić information content (AvgIpc) is 3.02. The van der Waals surface area contributed by atoms with Crippen molar-refractivity contribution in [2.24, 2.45) is 0 Å². The van der Waals surface area contributed by atoms with Crippen molar-refractivity contribution in [3.63, 3.8) is 0 Å². The van der Waals surface area contributed by atoms with E-state index in [2.05, 4.69) is 25.8 Å². The number of hydrogen-bond acceptors (Lipinski definition) is 4. The summed E-state index contributed by atoms with van der Waals surface area (Å²) in [6, 6.07) is 6.85. The fraction of sp³-hybridized carbons (Fsp3) is 0.654. The van der Waals surface area contributed by atoms with Crippen molar-refractivity contribution in [1.29, 1.82) is 0 Å². The topological polar surface area (TPSA) is 60.5 Å². The number of nitro benzene ring substituents is 1. The molecule has 0 atom stereocenters. The summed E-state index contributed by atoms with van der Waals surface area (Å²) in [6.07, 6.45) is 17.1. The number of nitro groups is 1. The number of hydrazone groups is 1. The Hall–Kier alpha value is -1.69. The number of unbranched alkanes of at least 4 members (excludes halogenated alkanes) is 11.